The molecule has 0 saturated carbocycles. The van der Waals surface area contributed by atoms with Gasteiger partial charge in [-0.05, 0) is 43.7 Å². The molecule has 0 spiro atoms. The van der Waals surface area contributed by atoms with Crippen molar-refractivity contribution in [3.8, 4) is 0 Å². The number of amides is 1. The van der Waals surface area contributed by atoms with Crippen LogP contribution in [0.4, 0.5) is 0 Å². The quantitative estimate of drug-likeness (QED) is 0.805. The maximum Gasteiger partial charge on any atom is 0.251 e. The van der Waals surface area contributed by atoms with Crippen LogP contribution in [0.15, 0.2) is 18.5 Å². The van der Waals surface area contributed by atoms with E-state index in [9.17, 15) is 9.90 Å². The molecule has 4 heteroatoms. The van der Waals surface area contributed by atoms with Gasteiger partial charge in [0.1, 0.15) is 0 Å². The molecule has 1 atom stereocenters. The smallest absolute Gasteiger partial charge is 0.251 e. The van der Waals surface area contributed by atoms with Crippen LogP contribution in [0.5, 0.6) is 0 Å². The normalized spacial score (nSPS) is 14.1. The van der Waals surface area contributed by atoms with Crippen molar-refractivity contribution in [2.45, 2.75) is 52.6 Å². The van der Waals surface area contributed by atoms with Crippen LogP contribution in [-0.4, -0.2) is 28.1 Å². The summed E-state index contributed by atoms with van der Waals surface area (Å²) in [5.74, 6) is 0.401. The first-order chi connectivity index (χ1) is 9.35. The van der Waals surface area contributed by atoms with Crippen molar-refractivity contribution in [2.24, 2.45) is 5.92 Å². The van der Waals surface area contributed by atoms with E-state index in [0.29, 0.717) is 17.9 Å². The zero-order valence-electron chi connectivity index (χ0n) is 12.9. The van der Waals surface area contributed by atoms with Crippen molar-refractivity contribution >= 4 is 5.91 Å². The Labute approximate surface area is 121 Å². The molecule has 0 radical (unpaired) electrons. The largest absolute Gasteiger partial charge is 0.388 e. The number of nitrogens with zero attached hydrogens (tertiary/aromatic N) is 1. The fraction of sp³-hybridized carbons (Fsp3) is 0.625. The Kier molecular flexibility index (Phi) is 6.14. The van der Waals surface area contributed by atoms with Crippen molar-refractivity contribution in [3.05, 3.63) is 29.6 Å². The Morgan fingerprint density at radius 1 is 1.50 bits per heavy atom. The van der Waals surface area contributed by atoms with E-state index in [1.165, 1.54) is 0 Å². The van der Waals surface area contributed by atoms with Gasteiger partial charge in [-0.15, -0.1) is 0 Å². The molecular formula is C16H26N2O2. The number of aliphatic hydroxyl groups is 1. The Balaban J connectivity index is 2.58. The molecule has 0 aromatic carbocycles. The number of aryl methyl sites for hydroxylation is 1. The number of aromatic nitrogens is 1. The minimum atomic E-state index is -0.862. The van der Waals surface area contributed by atoms with E-state index in [1.54, 1.807) is 25.4 Å². The Morgan fingerprint density at radius 3 is 2.80 bits per heavy atom. The molecule has 0 aliphatic rings. The average Bonchev–Trinajstić information content (AvgIpc) is 2.43. The van der Waals surface area contributed by atoms with Gasteiger partial charge in [0.05, 0.1) is 5.60 Å². The Morgan fingerprint density at radius 2 is 2.20 bits per heavy atom. The molecule has 1 amide bonds. The Hall–Kier alpha value is -1.42. The lowest BCUT2D eigenvalue weighted by molar-refractivity contribution is 0.0429. The lowest BCUT2D eigenvalue weighted by atomic mass is 9.95. The summed E-state index contributed by atoms with van der Waals surface area (Å²) in [5, 5.41) is 13.1. The highest BCUT2D eigenvalue weighted by molar-refractivity contribution is 5.95. The molecule has 1 rings (SSSR count). The van der Waals surface area contributed by atoms with Gasteiger partial charge in [0.15, 0.2) is 0 Å². The molecule has 1 heterocycles. The van der Waals surface area contributed by atoms with Crippen LogP contribution >= 0.6 is 0 Å². The summed E-state index contributed by atoms with van der Waals surface area (Å²) in [4.78, 5) is 16.2. The summed E-state index contributed by atoms with van der Waals surface area (Å²) in [7, 11) is 0. The summed E-state index contributed by atoms with van der Waals surface area (Å²) in [6.07, 6.45) is 5.72. The summed E-state index contributed by atoms with van der Waals surface area (Å²) < 4.78 is 0. The second-order valence-corrected chi connectivity index (χ2v) is 6.00. The van der Waals surface area contributed by atoms with E-state index in [0.717, 1.165) is 18.4 Å². The predicted octanol–water partition coefficient (Wildman–Crippen LogP) is 2.56. The van der Waals surface area contributed by atoms with Crippen molar-refractivity contribution < 1.29 is 9.90 Å². The van der Waals surface area contributed by atoms with E-state index >= 15 is 0 Å². The van der Waals surface area contributed by atoms with Gasteiger partial charge >= 0.3 is 0 Å². The molecule has 20 heavy (non-hydrogen) atoms. The highest BCUT2D eigenvalue weighted by atomic mass is 16.3. The summed E-state index contributed by atoms with van der Waals surface area (Å²) in [6.45, 7) is 8.28. The average molecular weight is 278 g/mol. The maximum absolute atomic E-state index is 12.2. The van der Waals surface area contributed by atoms with E-state index in [-0.39, 0.29) is 12.5 Å². The maximum atomic E-state index is 12.2. The van der Waals surface area contributed by atoms with Crippen molar-refractivity contribution in [1.82, 2.24) is 10.3 Å². The first-order valence-corrected chi connectivity index (χ1v) is 7.29. The Bertz CT molecular complexity index is 442. The van der Waals surface area contributed by atoms with Gasteiger partial charge in [-0.2, -0.15) is 0 Å². The monoisotopic (exact) mass is 278 g/mol. The van der Waals surface area contributed by atoms with Crippen molar-refractivity contribution in [3.63, 3.8) is 0 Å². The third-order valence-electron chi connectivity index (χ3n) is 3.42. The van der Waals surface area contributed by atoms with Crippen LogP contribution in [0.2, 0.25) is 0 Å². The van der Waals surface area contributed by atoms with Crippen LogP contribution in [0.3, 0.4) is 0 Å². The van der Waals surface area contributed by atoms with Gasteiger partial charge in [0.25, 0.3) is 5.91 Å². The van der Waals surface area contributed by atoms with Crippen molar-refractivity contribution in [2.75, 3.05) is 6.54 Å². The molecule has 1 aromatic heterocycles. The van der Waals surface area contributed by atoms with E-state index in [1.807, 2.05) is 6.92 Å². The van der Waals surface area contributed by atoms with Gasteiger partial charge in [-0.25, -0.2) is 0 Å². The standard InChI is InChI=1S/C16H26N2O2/c1-5-13-10-17-9-7-14(13)15(19)18-11-16(4,20)8-6-12(2)3/h7,9-10,12,20H,5-6,8,11H2,1-4H3,(H,18,19). The fourth-order valence-electron chi connectivity index (χ4n) is 1.98. The number of carbonyl (C=O) groups is 1. The number of pyridine rings is 1. The van der Waals surface area contributed by atoms with E-state index < -0.39 is 5.60 Å². The topological polar surface area (TPSA) is 62.2 Å². The summed E-state index contributed by atoms with van der Waals surface area (Å²) >= 11 is 0. The molecule has 0 bridgehead atoms. The van der Waals surface area contributed by atoms with Crippen LogP contribution in [0, 0.1) is 5.92 Å². The molecular weight excluding hydrogens is 252 g/mol. The van der Waals surface area contributed by atoms with Gasteiger partial charge in [-0.3, -0.25) is 9.78 Å². The predicted molar refractivity (Wildman–Crippen MR) is 80.6 cm³/mol. The number of rotatable bonds is 7. The molecule has 1 aromatic rings. The zero-order valence-corrected chi connectivity index (χ0v) is 12.9. The van der Waals surface area contributed by atoms with Gasteiger partial charge in [0, 0.05) is 24.5 Å². The first-order valence-electron chi connectivity index (χ1n) is 7.29. The van der Waals surface area contributed by atoms with Gasteiger partial charge < -0.3 is 10.4 Å². The van der Waals surface area contributed by atoms with Gasteiger partial charge in [-0.1, -0.05) is 20.8 Å². The molecule has 0 fully saturated rings. The molecule has 0 saturated heterocycles. The fourth-order valence-corrected chi connectivity index (χ4v) is 1.98. The third kappa shape index (κ3) is 5.29. The van der Waals surface area contributed by atoms with E-state index in [2.05, 4.69) is 24.1 Å². The van der Waals surface area contributed by atoms with Crippen LogP contribution < -0.4 is 5.32 Å². The van der Waals surface area contributed by atoms with Crippen LogP contribution in [0.25, 0.3) is 0 Å². The molecule has 4 nitrogen and oxygen atoms in total. The highest BCUT2D eigenvalue weighted by Crippen LogP contribution is 2.16. The minimum absolute atomic E-state index is 0.144. The molecule has 0 aliphatic carbocycles. The molecule has 0 aliphatic heterocycles. The number of nitrogens with one attached hydrogen (secondary N) is 1. The summed E-state index contributed by atoms with van der Waals surface area (Å²) in [5.41, 5.74) is 0.702. The molecule has 1 unspecified atom stereocenters. The second kappa shape index (κ2) is 7.39. The van der Waals surface area contributed by atoms with Crippen LogP contribution in [-0.2, 0) is 6.42 Å². The number of hydrogen-bond donors (Lipinski definition) is 2. The number of hydrogen-bond acceptors (Lipinski definition) is 3. The second-order valence-electron chi connectivity index (χ2n) is 6.00. The van der Waals surface area contributed by atoms with E-state index in [4.69, 9.17) is 0 Å². The lowest BCUT2D eigenvalue weighted by Gasteiger charge is -2.24. The first kappa shape index (κ1) is 16.6. The highest BCUT2D eigenvalue weighted by Gasteiger charge is 2.22. The zero-order chi connectivity index (χ0) is 15.2. The number of carbonyl (C=O) groups excluding carboxylic acids is 1. The third-order valence-corrected chi connectivity index (χ3v) is 3.42. The van der Waals surface area contributed by atoms with Gasteiger partial charge in [0.2, 0.25) is 0 Å². The molecule has 2 N–H and O–H groups in total. The molecule has 112 valence electrons. The van der Waals surface area contributed by atoms with Crippen molar-refractivity contribution in [1.29, 1.82) is 0 Å². The van der Waals surface area contributed by atoms with Crippen LogP contribution in [0.1, 0.15) is 56.5 Å². The summed E-state index contributed by atoms with van der Waals surface area (Å²) in [6, 6.07) is 1.72. The SMILES string of the molecule is CCc1cnccc1C(=O)NCC(C)(O)CCC(C)C. The minimum Gasteiger partial charge on any atom is -0.388 e. The lowest BCUT2D eigenvalue weighted by Crippen LogP contribution is -2.41.